The van der Waals surface area contributed by atoms with Gasteiger partial charge < -0.3 is 19.7 Å². The molecule has 0 bridgehead atoms. The van der Waals surface area contributed by atoms with Crippen molar-refractivity contribution in [3.05, 3.63) is 45.6 Å². The quantitative estimate of drug-likeness (QED) is 0.576. The highest BCUT2D eigenvalue weighted by atomic mass is 35.5. The molecule has 0 amide bonds. The lowest BCUT2D eigenvalue weighted by Gasteiger charge is -2.29. The molecule has 1 aromatic heterocycles. The Morgan fingerprint density at radius 1 is 1.36 bits per heavy atom. The van der Waals surface area contributed by atoms with E-state index < -0.39 is 5.97 Å². The molecule has 3 rings (SSSR count). The molecule has 0 unspecified atom stereocenters. The third-order valence-corrected chi connectivity index (χ3v) is 4.74. The molecule has 1 N–H and O–H groups in total. The Morgan fingerprint density at radius 2 is 2.11 bits per heavy atom. The molecular weight excluding hydrogens is 403 g/mol. The number of hydrogen-bond acceptors (Lipinski definition) is 7. The van der Waals surface area contributed by atoms with Crippen molar-refractivity contribution in [2.24, 2.45) is 0 Å². The number of pyridine rings is 1. The van der Waals surface area contributed by atoms with Gasteiger partial charge in [-0.25, -0.2) is 9.78 Å². The van der Waals surface area contributed by atoms with Crippen molar-refractivity contribution >= 4 is 46.4 Å². The summed E-state index contributed by atoms with van der Waals surface area (Å²) in [5, 5.41) is 12.7. The van der Waals surface area contributed by atoms with Gasteiger partial charge in [-0.3, -0.25) is 0 Å². The first kappa shape index (κ1) is 20.2. The monoisotopic (exact) mass is 420 g/mol. The standard InChI is InChI=1S/C19H18Cl2N4O3/c1-2-28-19(26)14-9-12(11-22)17(21)24-18(14)23-13-3-4-16(15(20)10-13)25-5-7-27-8-6-25/h3-4,9-10H,2,5-8H2,1H3,(H,23,24). The summed E-state index contributed by atoms with van der Waals surface area (Å²) >= 11 is 12.5. The summed E-state index contributed by atoms with van der Waals surface area (Å²) < 4.78 is 10.4. The first-order valence-electron chi connectivity index (χ1n) is 8.70. The number of carbonyl (C=O) groups excluding carboxylic acids is 1. The van der Waals surface area contributed by atoms with Crippen LogP contribution < -0.4 is 10.2 Å². The van der Waals surface area contributed by atoms with Gasteiger partial charge in [-0.15, -0.1) is 0 Å². The number of anilines is 3. The molecule has 28 heavy (non-hydrogen) atoms. The van der Waals surface area contributed by atoms with Gasteiger partial charge in [0.25, 0.3) is 0 Å². The van der Waals surface area contributed by atoms with Crippen molar-refractivity contribution in [3.8, 4) is 6.07 Å². The molecule has 146 valence electrons. The van der Waals surface area contributed by atoms with E-state index in [4.69, 9.17) is 37.9 Å². The smallest absolute Gasteiger partial charge is 0.341 e. The zero-order valence-electron chi connectivity index (χ0n) is 15.2. The Labute approximate surface area is 172 Å². The Hall–Kier alpha value is -2.53. The van der Waals surface area contributed by atoms with E-state index in [1.54, 1.807) is 13.0 Å². The minimum atomic E-state index is -0.596. The number of aromatic nitrogens is 1. The summed E-state index contributed by atoms with van der Waals surface area (Å²) in [4.78, 5) is 18.6. The van der Waals surface area contributed by atoms with Crippen molar-refractivity contribution in [1.82, 2.24) is 4.98 Å². The molecule has 0 atom stereocenters. The van der Waals surface area contributed by atoms with Crippen LogP contribution in [0.3, 0.4) is 0 Å². The molecule has 1 aliphatic heterocycles. The van der Waals surface area contributed by atoms with Crippen LogP contribution in [0.1, 0.15) is 22.8 Å². The van der Waals surface area contributed by atoms with Crippen molar-refractivity contribution < 1.29 is 14.3 Å². The fraction of sp³-hybridized carbons (Fsp3) is 0.316. The Balaban J connectivity index is 1.90. The highest BCUT2D eigenvalue weighted by molar-refractivity contribution is 6.33. The second-order valence-corrected chi connectivity index (χ2v) is 6.71. The minimum Gasteiger partial charge on any atom is -0.462 e. The fourth-order valence-corrected chi connectivity index (χ4v) is 3.29. The van der Waals surface area contributed by atoms with E-state index in [9.17, 15) is 4.79 Å². The minimum absolute atomic E-state index is 0.00548. The van der Waals surface area contributed by atoms with Gasteiger partial charge in [-0.2, -0.15) is 5.26 Å². The number of carbonyl (C=O) groups is 1. The number of nitrogens with one attached hydrogen (secondary N) is 1. The normalized spacial score (nSPS) is 13.7. The van der Waals surface area contributed by atoms with E-state index in [1.165, 1.54) is 6.07 Å². The third-order valence-electron chi connectivity index (χ3n) is 4.15. The van der Waals surface area contributed by atoms with Gasteiger partial charge >= 0.3 is 5.97 Å². The van der Waals surface area contributed by atoms with Crippen molar-refractivity contribution in [1.29, 1.82) is 5.26 Å². The van der Waals surface area contributed by atoms with Crippen LogP contribution in [-0.4, -0.2) is 43.9 Å². The number of halogens is 2. The molecule has 1 aliphatic rings. The largest absolute Gasteiger partial charge is 0.462 e. The van der Waals surface area contributed by atoms with Crippen LogP contribution in [0, 0.1) is 11.3 Å². The maximum Gasteiger partial charge on any atom is 0.341 e. The molecular formula is C19H18Cl2N4O3. The van der Waals surface area contributed by atoms with E-state index in [0.29, 0.717) is 23.9 Å². The van der Waals surface area contributed by atoms with E-state index in [2.05, 4.69) is 15.2 Å². The molecule has 0 spiro atoms. The van der Waals surface area contributed by atoms with Gasteiger partial charge in [-0.05, 0) is 31.2 Å². The predicted octanol–water partition coefficient (Wildman–Crippen LogP) is 4.02. The summed E-state index contributed by atoms with van der Waals surface area (Å²) in [6, 6.07) is 8.74. The number of nitrogens with zero attached hydrogens (tertiary/aromatic N) is 3. The molecule has 2 heterocycles. The van der Waals surface area contributed by atoms with Gasteiger partial charge in [0, 0.05) is 18.8 Å². The lowest BCUT2D eigenvalue weighted by atomic mass is 10.2. The molecule has 0 aliphatic carbocycles. The van der Waals surface area contributed by atoms with Crippen LogP contribution in [0.15, 0.2) is 24.3 Å². The van der Waals surface area contributed by atoms with Crippen LogP contribution in [0.4, 0.5) is 17.2 Å². The van der Waals surface area contributed by atoms with Gasteiger partial charge in [0.15, 0.2) is 0 Å². The maximum absolute atomic E-state index is 12.3. The first-order chi connectivity index (χ1) is 13.5. The van der Waals surface area contributed by atoms with Crippen LogP contribution in [-0.2, 0) is 9.47 Å². The zero-order chi connectivity index (χ0) is 20.1. The topological polar surface area (TPSA) is 87.5 Å². The fourth-order valence-electron chi connectivity index (χ4n) is 2.81. The lowest BCUT2D eigenvalue weighted by molar-refractivity contribution is 0.0527. The second-order valence-electron chi connectivity index (χ2n) is 5.95. The Morgan fingerprint density at radius 3 is 2.75 bits per heavy atom. The molecule has 1 fully saturated rings. The van der Waals surface area contributed by atoms with Crippen LogP contribution >= 0.6 is 23.2 Å². The summed E-state index contributed by atoms with van der Waals surface area (Å²) in [5.41, 5.74) is 1.75. The molecule has 0 radical (unpaired) electrons. The number of ether oxygens (including phenoxy) is 2. The van der Waals surface area contributed by atoms with Gasteiger partial charge in [0.05, 0.1) is 36.1 Å². The average Bonchev–Trinajstić information content (AvgIpc) is 2.69. The number of hydrogen-bond donors (Lipinski definition) is 1. The molecule has 7 nitrogen and oxygen atoms in total. The van der Waals surface area contributed by atoms with E-state index in [-0.39, 0.29) is 28.7 Å². The van der Waals surface area contributed by atoms with E-state index in [0.717, 1.165) is 18.8 Å². The van der Waals surface area contributed by atoms with Crippen molar-refractivity contribution in [2.75, 3.05) is 43.1 Å². The number of morpholine rings is 1. The first-order valence-corrected chi connectivity index (χ1v) is 9.46. The van der Waals surface area contributed by atoms with Crippen molar-refractivity contribution in [2.45, 2.75) is 6.92 Å². The van der Waals surface area contributed by atoms with E-state index in [1.807, 2.05) is 18.2 Å². The highest BCUT2D eigenvalue weighted by Gasteiger charge is 2.19. The molecule has 9 heteroatoms. The van der Waals surface area contributed by atoms with Gasteiger partial charge in [0.2, 0.25) is 0 Å². The molecule has 1 saturated heterocycles. The second kappa shape index (κ2) is 9.11. The SMILES string of the molecule is CCOC(=O)c1cc(C#N)c(Cl)nc1Nc1ccc(N2CCOCC2)c(Cl)c1. The summed E-state index contributed by atoms with van der Waals surface area (Å²) in [6.07, 6.45) is 0. The summed E-state index contributed by atoms with van der Waals surface area (Å²) in [7, 11) is 0. The predicted molar refractivity (Wildman–Crippen MR) is 108 cm³/mol. The number of nitriles is 1. The Kier molecular flexibility index (Phi) is 6.57. The maximum atomic E-state index is 12.3. The van der Waals surface area contributed by atoms with Crippen LogP contribution in [0.25, 0.3) is 0 Å². The van der Waals surface area contributed by atoms with Crippen LogP contribution in [0.5, 0.6) is 0 Å². The zero-order valence-corrected chi connectivity index (χ0v) is 16.7. The molecule has 0 saturated carbocycles. The van der Waals surface area contributed by atoms with E-state index >= 15 is 0 Å². The molecule has 2 aromatic rings. The average molecular weight is 421 g/mol. The summed E-state index contributed by atoms with van der Waals surface area (Å²) in [6.45, 7) is 4.75. The van der Waals surface area contributed by atoms with Crippen LogP contribution in [0.2, 0.25) is 10.2 Å². The van der Waals surface area contributed by atoms with Gasteiger partial charge in [0.1, 0.15) is 22.6 Å². The van der Waals surface area contributed by atoms with Gasteiger partial charge in [-0.1, -0.05) is 23.2 Å². The lowest BCUT2D eigenvalue weighted by Crippen LogP contribution is -2.36. The number of rotatable bonds is 5. The van der Waals surface area contributed by atoms with Crippen molar-refractivity contribution in [3.63, 3.8) is 0 Å². The molecule has 1 aromatic carbocycles. The third kappa shape index (κ3) is 4.47. The Bertz CT molecular complexity index is 924. The number of esters is 1. The highest BCUT2D eigenvalue weighted by Crippen LogP contribution is 2.32. The summed E-state index contributed by atoms with van der Waals surface area (Å²) in [5.74, 6) is -0.403. The number of benzene rings is 1.